The van der Waals surface area contributed by atoms with Crippen molar-refractivity contribution in [1.29, 1.82) is 0 Å². The highest BCUT2D eigenvalue weighted by atomic mass is 35.5. The summed E-state index contributed by atoms with van der Waals surface area (Å²) in [7, 11) is 0. The van der Waals surface area contributed by atoms with E-state index in [1.807, 2.05) is 0 Å². The van der Waals surface area contributed by atoms with Crippen LogP contribution in [0, 0.1) is 0 Å². The van der Waals surface area contributed by atoms with Gasteiger partial charge in [0.15, 0.2) is 0 Å². The Bertz CT molecular complexity index is 485. The summed E-state index contributed by atoms with van der Waals surface area (Å²) in [5, 5.41) is 9.51. The fraction of sp³-hybridized carbons (Fsp3) is 0.333. The zero-order valence-electron chi connectivity index (χ0n) is 9.31. The number of hydrogen-bond acceptors (Lipinski definition) is 3. The average molecular weight is 254 g/mol. The van der Waals surface area contributed by atoms with Crippen LogP contribution >= 0.6 is 11.6 Å². The molecule has 1 unspecified atom stereocenters. The summed E-state index contributed by atoms with van der Waals surface area (Å²) in [5.41, 5.74) is 0.804. The molecule has 0 bridgehead atoms. The number of nitrogens with zero attached hydrogens (tertiary/aromatic N) is 1. The molecule has 0 aliphatic carbocycles. The van der Waals surface area contributed by atoms with Gasteiger partial charge in [-0.25, -0.2) is 0 Å². The number of benzene rings is 1. The molecule has 0 spiro atoms. The first-order valence-corrected chi connectivity index (χ1v) is 5.73. The molecular weight excluding hydrogens is 242 g/mol. The largest absolute Gasteiger partial charge is 0.393 e. The quantitative estimate of drug-likeness (QED) is 0.833. The molecule has 2 rings (SSSR count). The number of aliphatic hydroxyl groups excluding tert-OH is 1. The lowest BCUT2D eigenvalue weighted by Crippen LogP contribution is -2.32. The molecule has 1 amide bonds. The highest BCUT2D eigenvalue weighted by Gasteiger charge is 2.37. The number of ketones is 1. The summed E-state index contributed by atoms with van der Waals surface area (Å²) >= 11 is 5.91. The van der Waals surface area contributed by atoms with Gasteiger partial charge in [0.25, 0.3) is 11.7 Å². The third-order valence-corrected chi connectivity index (χ3v) is 3.03. The van der Waals surface area contributed by atoms with Crippen molar-refractivity contribution in [3.05, 3.63) is 28.8 Å². The molecule has 1 N–H and O–H groups in total. The molecule has 0 saturated carbocycles. The number of Topliss-reactive ketones (excluding diaryl/α,β-unsaturated/α-hetero) is 1. The normalized spacial score (nSPS) is 16.3. The monoisotopic (exact) mass is 253 g/mol. The Hall–Kier alpha value is -1.39. The Morgan fingerprint density at radius 3 is 2.76 bits per heavy atom. The molecule has 1 aliphatic rings. The number of aliphatic hydroxyl groups is 1. The predicted octanol–water partition coefficient (Wildman–Crippen LogP) is 1.64. The van der Waals surface area contributed by atoms with Gasteiger partial charge in [-0.2, -0.15) is 0 Å². The van der Waals surface area contributed by atoms with Crippen molar-refractivity contribution in [3.63, 3.8) is 0 Å². The maximum Gasteiger partial charge on any atom is 0.299 e. The molecule has 1 heterocycles. The van der Waals surface area contributed by atoms with E-state index in [2.05, 4.69) is 0 Å². The van der Waals surface area contributed by atoms with Crippen LogP contribution in [-0.2, 0) is 4.79 Å². The van der Waals surface area contributed by atoms with Gasteiger partial charge in [0.1, 0.15) is 0 Å². The number of rotatable bonds is 3. The van der Waals surface area contributed by atoms with Crippen LogP contribution in [0.2, 0.25) is 5.02 Å². The molecule has 5 heteroatoms. The lowest BCUT2D eigenvalue weighted by Gasteiger charge is -2.17. The number of amides is 1. The van der Waals surface area contributed by atoms with E-state index in [1.165, 1.54) is 4.90 Å². The van der Waals surface area contributed by atoms with Crippen molar-refractivity contribution in [2.75, 3.05) is 11.4 Å². The van der Waals surface area contributed by atoms with Gasteiger partial charge in [-0.05, 0) is 25.5 Å². The van der Waals surface area contributed by atoms with Crippen LogP contribution < -0.4 is 4.90 Å². The van der Waals surface area contributed by atoms with Crippen molar-refractivity contribution >= 4 is 29.0 Å². The smallest absolute Gasteiger partial charge is 0.299 e. The van der Waals surface area contributed by atoms with E-state index in [-0.39, 0.29) is 5.56 Å². The topological polar surface area (TPSA) is 57.6 Å². The molecule has 0 aromatic heterocycles. The maximum absolute atomic E-state index is 11.8. The molecule has 17 heavy (non-hydrogen) atoms. The van der Waals surface area contributed by atoms with Gasteiger partial charge in [0.2, 0.25) is 0 Å². The van der Waals surface area contributed by atoms with Crippen LogP contribution in [0.4, 0.5) is 5.69 Å². The van der Waals surface area contributed by atoms with Crippen molar-refractivity contribution in [2.24, 2.45) is 0 Å². The van der Waals surface area contributed by atoms with Gasteiger partial charge < -0.3 is 10.0 Å². The van der Waals surface area contributed by atoms with E-state index < -0.39 is 17.8 Å². The molecule has 1 aliphatic heterocycles. The first kappa shape index (κ1) is 12.1. The van der Waals surface area contributed by atoms with E-state index in [1.54, 1.807) is 25.1 Å². The Kier molecular flexibility index (Phi) is 3.17. The number of hydrogen-bond donors (Lipinski definition) is 1. The zero-order valence-corrected chi connectivity index (χ0v) is 10.1. The molecule has 4 nitrogen and oxygen atoms in total. The summed E-state index contributed by atoms with van der Waals surface area (Å²) in [6, 6.07) is 4.97. The third kappa shape index (κ3) is 2.06. The second-order valence-electron chi connectivity index (χ2n) is 4.06. The van der Waals surface area contributed by atoms with Crippen molar-refractivity contribution in [1.82, 2.24) is 0 Å². The summed E-state index contributed by atoms with van der Waals surface area (Å²) < 4.78 is 0. The Morgan fingerprint density at radius 2 is 2.12 bits per heavy atom. The lowest BCUT2D eigenvalue weighted by molar-refractivity contribution is -0.114. The number of halogens is 1. The van der Waals surface area contributed by atoms with Crippen LogP contribution in [0.3, 0.4) is 0 Å². The Balaban J connectivity index is 2.35. The van der Waals surface area contributed by atoms with Gasteiger partial charge in [-0.3, -0.25) is 9.59 Å². The van der Waals surface area contributed by atoms with Crippen molar-refractivity contribution in [3.8, 4) is 0 Å². The van der Waals surface area contributed by atoms with E-state index in [0.717, 1.165) is 0 Å². The summed E-state index contributed by atoms with van der Waals surface area (Å²) in [5.74, 6) is -1.15. The molecule has 1 aromatic rings. The van der Waals surface area contributed by atoms with Crippen LogP contribution in [0.5, 0.6) is 0 Å². The Labute approximate surface area is 104 Å². The molecule has 0 fully saturated rings. The van der Waals surface area contributed by atoms with E-state index in [0.29, 0.717) is 23.7 Å². The van der Waals surface area contributed by atoms with E-state index in [9.17, 15) is 14.7 Å². The number of fused-ring (bicyclic) bond motifs is 1. The second-order valence-corrected chi connectivity index (χ2v) is 4.46. The van der Waals surface area contributed by atoms with Crippen LogP contribution in [0.25, 0.3) is 0 Å². The standard InChI is InChI=1S/C12H12ClNO3/c1-7(15)5-6-14-9-4-2-3-8(13)10(9)11(16)12(14)17/h2-4,7,15H,5-6H2,1H3. The number of anilines is 1. The molecule has 0 saturated heterocycles. The van der Waals surface area contributed by atoms with Gasteiger partial charge in [0, 0.05) is 6.54 Å². The van der Waals surface area contributed by atoms with Crippen molar-refractivity contribution < 1.29 is 14.7 Å². The average Bonchev–Trinajstić information content (AvgIpc) is 2.51. The summed E-state index contributed by atoms with van der Waals surface area (Å²) in [6.45, 7) is 1.96. The summed E-state index contributed by atoms with van der Waals surface area (Å²) in [6.07, 6.45) is -0.0912. The maximum atomic E-state index is 11.8. The fourth-order valence-corrected chi connectivity index (χ4v) is 2.09. The van der Waals surface area contributed by atoms with Gasteiger partial charge in [-0.1, -0.05) is 17.7 Å². The minimum Gasteiger partial charge on any atom is -0.393 e. The minimum atomic E-state index is -0.575. The fourth-order valence-electron chi connectivity index (χ4n) is 1.84. The first-order valence-electron chi connectivity index (χ1n) is 5.35. The Morgan fingerprint density at radius 1 is 1.41 bits per heavy atom. The minimum absolute atomic E-state index is 0.268. The molecule has 0 radical (unpaired) electrons. The highest BCUT2D eigenvalue weighted by molar-refractivity contribution is 6.55. The first-order chi connectivity index (χ1) is 8.02. The van der Waals surface area contributed by atoms with Crippen LogP contribution in [-0.4, -0.2) is 29.4 Å². The number of carbonyl (C=O) groups is 2. The van der Waals surface area contributed by atoms with Crippen LogP contribution in [0.15, 0.2) is 18.2 Å². The van der Waals surface area contributed by atoms with Gasteiger partial charge >= 0.3 is 0 Å². The van der Waals surface area contributed by atoms with E-state index >= 15 is 0 Å². The number of carbonyl (C=O) groups excluding carboxylic acids is 2. The predicted molar refractivity (Wildman–Crippen MR) is 64.4 cm³/mol. The SMILES string of the molecule is CC(O)CCN1C(=O)C(=O)c2c(Cl)cccc21. The van der Waals surface area contributed by atoms with Gasteiger partial charge in [-0.15, -0.1) is 0 Å². The summed E-state index contributed by atoms with van der Waals surface area (Å²) in [4.78, 5) is 24.9. The lowest BCUT2D eigenvalue weighted by atomic mass is 10.1. The van der Waals surface area contributed by atoms with E-state index in [4.69, 9.17) is 11.6 Å². The third-order valence-electron chi connectivity index (χ3n) is 2.72. The molecular formula is C12H12ClNO3. The second kappa shape index (κ2) is 4.47. The van der Waals surface area contributed by atoms with Crippen LogP contribution in [0.1, 0.15) is 23.7 Å². The zero-order chi connectivity index (χ0) is 12.6. The molecule has 1 atom stereocenters. The molecule has 1 aromatic carbocycles. The molecule has 90 valence electrons. The van der Waals surface area contributed by atoms with Gasteiger partial charge in [0.05, 0.1) is 22.4 Å². The van der Waals surface area contributed by atoms with Crippen molar-refractivity contribution in [2.45, 2.75) is 19.4 Å². The highest BCUT2D eigenvalue weighted by Crippen LogP contribution is 2.34.